The van der Waals surface area contributed by atoms with E-state index in [-0.39, 0.29) is 0 Å². The molecule has 0 spiro atoms. The zero-order valence-electron chi connectivity index (χ0n) is 18.2. The van der Waals surface area contributed by atoms with E-state index in [9.17, 15) is 5.11 Å². The van der Waals surface area contributed by atoms with Crippen molar-refractivity contribution in [3.63, 3.8) is 0 Å². The quantitative estimate of drug-likeness (QED) is 0.604. The monoisotopic (exact) mass is 415 g/mol. The fourth-order valence-corrected chi connectivity index (χ4v) is 5.84. The van der Waals surface area contributed by atoms with Crippen molar-refractivity contribution >= 4 is 0 Å². The zero-order chi connectivity index (χ0) is 21.1. The van der Waals surface area contributed by atoms with E-state index >= 15 is 0 Å². The van der Waals surface area contributed by atoms with Crippen molar-refractivity contribution in [2.45, 2.75) is 50.7 Å². The number of aliphatic hydroxyl groups is 1. The molecule has 2 fully saturated rings. The van der Waals surface area contributed by atoms with E-state index in [1.54, 1.807) is 6.20 Å². The van der Waals surface area contributed by atoms with E-state index in [1.165, 1.54) is 18.4 Å². The van der Waals surface area contributed by atoms with Crippen LogP contribution in [0.5, 0.6) is 0 Å². The Morgan fingerprint density at radius 1 is 0.839 bits per heavy atom. The van der Waals surface area contributed by atoms with Gasteiger partial charge in [-0.15, -0.1) is 0 Å². The second kappa shape index (κ2) is 8.97. The van der Waals surface area contributed by atoms with Crippen molar-refractivity contribution < 1.29 is 5.11 Å². The highest BCUT2D eigenvalue weighted by atomic mass is 16.3. The third kappa shape index (κ3) is 4.19. The molecule has 2 heterocycles. The van der Waals surface area contributed by atoms with Gasteiger partial charge in [-0.05, 0) is 79.9 Å². The predicted octanol–water partition coefficient (Wildman–Crippen LogP) is 5.16. The first-order chi connectivity index (χ1) is 15.2. The van der Waals surface area contributed by atoms with Crippen molar-refractivity contribution in [2.24, 2.45) is 11.8 Å². The van der Waals surface area contributed by atoms with Crippen molar-refractivity contribution in [3.8, 4) is 5.69 Å². The van der Waals surface area contributed by atoms with Gasteiger partial charge in [-0.25, -0.2) is 4.68 Å². The van der Waals surface area contributed by atoms with Gasteiger partial charge in [-0.2, -0.15) is 5.10 Å². The van der Waals surface area contributed by atoms with Crippen LogP contribution >= 0.6 is 0 Å². The van der Waals surface area contributed by atoms with Crippen molar-refractivity contribution in [1.29, 1.82) is 0 Å². The summed E-state index contributed by atoms with van der Waals surface area (Å²) in [7, 11) is 0. The number of piperidine rings is 1. The Hall–Kier alpha value is -2.43. The summed E-state index contributed by atoms with van der Waals surface area (Å²) in [6.07, 6.45) is 10.7. The molecule has 3 aromatic rings. The Morgan fingerprint density at radius 2 is 1.52 bits per heavy atom. The summed E-state index contributed by atoms with van der Waals surface area (Å²) >= 11 is 0. The zero-order valence-corrected chi connectivity index (χ0v) is 18.2. The third-order valence-electron chi connectivity index (χ3n) is 7.54. The number of nitrogens with zero attached hydrogens (tertiary/aromatic N) is 3. The SMILES string of the molecule is OC(c1ccccc1)(C1CCCC1)C1CCN(Cc2ccc(-n3cccn3)cc2)CC1. The van der Waals surface area contributed by atoms with Crippen LogP contribution in [0.3, 0.4) is 0 Å². The van der Waals surface area contributed by atoms with Crippen LogP contribution in [0.2, 0.25) is 0 Å². The predicted molar refractivity (Wildman–Crippen MR) is 124 cm³/mol. The van der Waals surface area contributed by atoms with E-state index in [2.05, 4.69) is 64.6 Å². The number of likely N-dealkylation sites (tertiary alicyclic amines) is 1. The summed E-state index contributed by atoms with van der Waals surface area (Å²) in [6.45, 7) is 3.07. The molecule has 1 saturated carbocycles. The van der Waals surface area contributed by atoms with Gasteiger partial charge in [-0.1, -0.05) is 55.3 Å². The molecule has 1 aromatic heterocycles. The summed E-state index contributed by atoms with van der Waals surface area (Å²) in [5, 5.41) is 16.4. The summed E-state index contributed by atoms with van der Waals surface area (Å²) in [4.78, 5) is 2.54. The fraction of sp³-hybridized carbons (Fsp3) is 0.444. The standard InChI is InChI=1S/C27H33N3O/c31-27(24-9-4-5-10-24,23-7-2-1-3-8-23)25-15-19-29(20-16-25)21-22-11-13-26(14-12-22)30-18-6-17-28-30/h1-3,6-8,11-14,17-18,24-25,31H,4-5,9-10,15-16,19-21H2. The van der Waals surface area contributed by atoms with E-state index in [0.29, 0.717) is 11.8 Å². The summed E-state index contributed by atoms with van der Waals surface area (Å²) in [5.41, 5.74) is 2.89. The van der Waals surface area contributed by atoms with Gasteiger partial charge in [0.25, 0.3) is 0 Å². The van der Waals surface area contributed by atoms with Gasteiger partial charge in [0.1, 0.15) is 0 Å². The lowest BCUT2D eigenvalue weighted by atomic mass is 9.68. The molecule has 5 rings (SSSR count). The highest BCUT2D eigenvalue weighted by molar-refractivity contribution is 5.33. The summed E-state index contributed by atoms with van der Waals surface area (Å²) < 4.78 is 1.89. The molecule has 0 radical (unpaired) electrons. The van der Waals surface area contributed by atoms with Gasteiger partial charge in [0.05, 0.1) is 11.3 Å². The topological polar surface area (TPSA) is 41.3 Å². The van der Waals surface area contributed by atoms with Gasteiger partial charge < -0.3 is 5.11 Å². The van der Waals surface area contributed by atoms with Crippen molar-refractivity contribution in [2.75, 3.05) is 13.1 Å². The molecular weight excluding hydrogens is 382 g/mol. The van der Waals surface area contributed by atoms with Gasteiger partial charge in [-0.3, -0.25) is 4.90 Å². The van der Waals surface area contributed by atoms with Crippen LogP contribution in [-0.2, 0) is 12.1 Å². The Morgan fingerprint density at radius 3 is 2.16 bits per heavy atom. The molecule has 2 aliphatic rings. The van der Waals surface area contributed by atoms with Crippen LogP contribution in [0.25, 0.3) is 5.69 Å². The van der Waals surface area contributed by atoms with E-state index < -0.39 is 5.60 Å². The first-order valence-electron chi connectivity index (χ1n) is 11.8. The number of benzene rings is 2. The second-order valence-corrected chi connectivity index (χ2v) is 9.34. The molecule has 1 N–H and O–H groups in total. The van der Waals surface area contributed by atoms with Crippen LogP contribution in [0, 0.1) is 11.8 Å². The summed E-state index contributed by atoms with van der Waals surface area (Å²) in [6, 6.07) is 21.2. The molecule has 1 aliphatic carbocycles. The highest BCUT2D eigenvalue weighted by Crippen LogP contribution is 2.48. The minimum atomic E-state index is -0.671. The number of hydrogen-bond acceptors (Lipinski definition) is 3. The smallest absolute Gasteiger partial charge is 0.0953 e. The summed E-state index contributed by atoms with van der Waals surface area (Å²) in [5.74, 6) is 0.748. The normalized spacial score (nSPS) is 20.7. The molecule has 4 heteroatoms. The number of aromatic nitrogens is 2. The lowest BCUT2D eigenvalue weighted by Gasteiger charge is -2.45. The number of hydrogen-bond donors (Lipinski definition) is 1. The molecule has 1 unspecified atom stereocenters. The molecule has 31 heavy (non-hydrogen) atoms. The molecule has 2 aromatic carbocycles. The maximum absolute atomic E-state index is 12.1. The largest absolute Gasteiger partial charge is 0.385 e. The van der Waals surface area contributed by atoms with Crippen molar-refractivity contribution in [3.05, 3.63) is 84.2 Å². The molecule has 1 saturated heterocycles. The average Bonchev–Trinajstić information content (AvgIpc) is 3.55. The minimum absolute atomic E-state index is 0.344. The van der Waals surface area contributed by atoms with Gasteiger partial charge >= 0.3 is 0 Å². The lowest BCUT2D eigenvalue weighted by Crippen LogP contribution is -2.47. The molecule has 1 atom stereocenters. The van der Waals surface area contributed by atoms with Crippen LogP contribution in [0.15, 0.2) is 73.1 Å². The Kier molecular flexibility index (Phi) is 5.93. The average molecular weight is 416 g/mol. The maximum Gasteiger partial charge on any atom is 0.0953 e. The first kappa shape index (κ1) is 20.5. The van der Waals surface area contributed by atoms with E-state index in [0.717, 1.165) is 56.6 Å². The van der Waals surface area contributed by atoms with Gasteiger partial charge in [0.15, 0.2) is 0 Å². The molecule has 0 amide bonds. The lowest BCUT2D eigenvalue weighted by molar-refractivity contribution is -0.0938. The molecule has 4 nitrogen and oxygen atoms in total. The van der Waals surface area contributed by atoms with E-state index in [1.807, 2.05) is 16.9 Å². The van der Waals surface area contributed by atoms with Gasteiger partial charge in [0.2, 0.25) is 0 Å². The minimum Gasteiger partial charge on any atom is -0.385 e. The molecule has 0 bridgehead atoms. The molecular formula is C27H33N3O. The molecule has 1 aliphatic heterocycles. The third-order valence-corrected chi connectivity index (χ3v) is 7.54. The fourth-order valence-electron chi connectivity index (χ4n) is 5.84. The Labute approximate surface area is 185 Å². The second-order valence-electron chi connectivity index (χ2n) is 9.34. The van der Waals surface area contributed by atoms with Gasteiger partial charge in [0, 0.05) is 18.9 Å². The number of rotatable bonds is 6. The van der Waals surface area contributed by atoms with Crippen molar-refractivity contribution in [1.82, 2.24) is 14.7 Å². The Bertz CT molecular complexity index is 940. The van der Waals surface area contributed by atoms with Crippen LogP contribution in [-0.4, -0.2) is 32.9 Å². The highest BCUT2D eigenvalue weighted by Gasteiger charge is 2.46. The maximum atomic E-state index is 12.1. The first-order valence-corrected chi connectivity index (χ1v) is 11.8. The molecule has 162 valence electrons. The van der Waals surface area contributed by atoms with Crippen LogP contribution in [0.1, 0.15) is 49.7 Å². The van der Waals surface area contributed by atoms with E-state index in [4.69, 9.17) is 0 Å². The van der Waals surface area contributed by atoms with Crippen LogP contribution in [0.4, 0.5) is 0 Å². The van der Waals surface area contributed by atoms with Crippen LogP contribution < -0.4 is 0 Å². The Balaban J connectivity index is 1.24.